The van der Waals surface area contributed by atoms with Gasteiger partial charge in [-0.05, 0) is 19.3 Å². The van der Waals surface area contributed by atoms with Gasteiger partial charge in [0.25, 0.3) is 0 Å². The number of hydrogen-bond donors (Lipinski definition) is 2. The zero-order valence-corrected chi connectivity index (χ0v) is 11.2. The van der Waals surface area contributed by atoms with Crippen molar-refractivity contribution in [2.75, 3.05) is 19.6 Å². The van der Waals surface area contributed by atoms with Gasteiger partial charge in [-0.3, -0.25) is 4.79 Å². The predicted molar refractivity (Wildman–Crippen MR) is 68.4 cm³/mol. The van der Waals surface area contributed by atoms with Crippen LogP contribution >= 0.6 is 0 Å². The molecule has 1 rings (SSSR count). The zero-order valence-electron chi connectivity index (χ0n) is 11.2. The molecule has 1 saturated heterocycles. The number of rotatable bonds is 6. The number of carbonyl (C=O) groups is 3. The first-order valence-electron chi connectivity index (χ1n) is 6.54. The summed E-state index contributed by atoms with van der Waals surface area (Å²) in [5.41, 5.74) is 5.13. The third-order valence-corrected chi connectivity index (χ3v) is 3.18. The van der Waals surface area contributed by atoms with E-state index in [0.717, 1.165) is 12.8 Å². The Morgan fingerprint density at radius 2 is 2.11 bits per heavy atom. The van der Waals surface area contributed by atoms with E-state index in [1.54, 1.807) is 0 Å². The number of aliphatic carboxylic acids is 1. The van der Waals surface area contributed by atoms with Crippen molar-refractivity contribution in [2.24, 2.45) is 5.73 Å². The molecule has 0 saturated carbocycles. The molecule has 0 spiro atoms. The maximum Gasteiger partial charge on any atom is 0.326 e. The molecule has 19 heavy (non-hydrogen) atoms. The molecular weight excluding hydrogens is 250 g/mol. The molecule has 0 aromatic heterocycles. The van der Waals surface area contributed by atoms with Gasteiger partial charge in [-0.1, -0.05) is 13.3 Å². The van der Waals surface area contributed by atoms with Gasteiger partial charge < -0.3 is 20.6 Å². The highest BCUT2D eigenvalue weighted by atomic mass is 16.4. The normalized spacial score (nSPS) is 18.4. The number of nitrogens with zero attached hydrogens (tertiary/aromatic N) is 2. The van der Waals surface area contributed by atoms with Crippen LogP contribution in [0.5, 0.6) is 0 Å². The highest BCUT2D eigenvalue weighted by Crippen LogP contribution is 2.19. The first-order valence-corrected chi connectivity index (χ1v) is 6.54. The van der Waals surface area contributed by atoms with Crippen molar-refractivity contribution in [3.8, 4) is 0 Å². The number of hydrogen-bond acceptors (Lipinski definition) is 3. The maximum atomic E-state index is 12.3. The van der Waals surface area contributed by atoms with E-state index in [2.05, 4.69) is 0 Å². The zero-order chi connectivity index (χ0) is 14.4. The summed E-state index contributed by atoms with van der Waals surface area (Å²) in [6.45, 7) is 2.64. The number of carboxylic acids is 1. The van der Waals surface area contributed by atoms with Crippen LogP contribution in [0.25, 0.3) is 0 Å². The van der Waals surface area contributed by atoms with E-state index in [1.807, 2.05) is 6.92 Å². The van der Waals surface area contributed by atoms with E-state index in [1.165, 1.54) is 9.80 Å². The molecule has 1 unspecified atom stereocenters. The Morgan fingerprint density at radius 1 is 1.42 bits per heavy atom. The van der Waals surface area contributed by atoms with Gasteiger partial charge in [0.1, 0.15) is 12.6 Å². The number of likely N-dealkylation sites (tertiary alicyclic amines) is 1. The van der Waals surface area contributed by atoms with Gasteiger partial charge in [0, 0.05) is 13.1 Å². The van der Waals surface area contributed by atoms with Crippen LogP contribution in [0, 0.1) is 0 Å². The number of amides is 3. The van der Waals surface area contributed by atoms with Crippen LogP contribution in [0.3, 0.4) is 0 Å². The number of urea groups is 1. The second kappa shape index (κ2) is 6.96. The summed E-state index contributed by atoms with van der Waals surface area (Å²) in [5, 5.41) is 9.07. The van der Waals surface area contributed by atoms with E-state index >= 15 is 0 Å². The molecule has 0 bridgehead atoms. The molecule has 0 aliphatic carbocycles. The Morgan fingerprint density at radius 3 is 2.63 bits per heavy atom. The van der Waals surface area contributed by atoms with Crippen molar-refractivity contribution in [3.05, 3.63) is 0 Å². The average Bonchev–Trinajstić information content (AvgIpc) is 2.82. The fourth-order valence-corrected chi connectivity index (χ4v) is 2.21. The number of primary amides is 1. The lowest BCUT2D eigenvalue weighted by Crippen LogP contribution is -2.50. The predicted octanol–water partition coefficient (Wildman–Crippen LogP) is 0.243. The molecule has 1 aliphatic heterocycles. The minimum atomic E-state index is -1.000. The molecule has 3 amide bonds. The molecule has 1 aliphatic rings. The molecule has 7 heteroatoms. The van der Waals surface area contributed by atoms with Gasteiger partial charge in [-0.2, -0.15) is 0 Å². The Hall–Kier alpha value is -1.79. The highest BCUT2D eigenvalue weighted by Gasteiger charge is 2.36. The Kier molecular flexibility index (Phi) is 5.59. The number of carboxylic acid groups (broad SMARTS) is 1. The van der Waals surface area contributed by atoms with Crippen LogP contribution in [0.1, 0.15) is 32.6 Å². The monoisotopic (exact) mass is 271 g/mol. The lowest BCUT2D eigenvalue weighted by atomic mass is 10.2. The van der Waals surface area contributed by atoms with E-state index in [-0.39, 0.29) is 6.54 Å². The maximum absolute atomic E-state index is 12.3. The summed E-state index contributed by atoms with van der Waals surface area (Å²) in [6.07, 6.45) is 2.76. The number of carbonyl (C=O) groups excluding carboxylic acids is 2. The van der Waals surface area contributed by atoms with Crippen LogP contribution in [0.4, 0.5) is 4.79 Å². The second-order valence-corrected chi connectivity index (χ2v) is 4.71. The van der Waals surface area contributed by atoms with Gasteiger partial charge in [0.2, 0.25) is 5.91 Å². The minimum Gasteiger partial charge on any atom is -0.480 e. The van der Waals surface area contributed by atoms with Crippen molar-refractivity contribution in [3.63, 3.8) is 0 Å². The third kappa shape index (κ3) is 4.11. The van der Waals surface area contributed by atoms with E-state index in [0.29, 0.717) is 25.9 Å². The van der Waals surface area contributed by atoms with Gasteiger partial charge in [0.05, 0.1) is 0 Å². The lowest BCUT2D eigenvalue weighted by Gasteiger charge is -2.29. The quantitative estimate of drug-likeness (QED) is 0.722. The Bertz CT molecular complexity index is 359. The van der Waals surface area contributed by atoms with Crippen LogP contribution in [0.15, 0.2) is 0 Å². The molecule has 1 heterocycles. The lowest BCUT2D eigenvalue weighted by molar-refractivity contribution is -0.141. The van der Waals surface area contributed by atoms with Crippen molar-refractivity contribution in [2.45, 2.75) is 38.6 Å². The van der Waals surface area contributed by atoms with Gasteiger partial charge in [-0.25, -0.2) is 9.59 Å². The topological polar surface area (TPSA) is 104 Å². The molecular formula is C12H21N3O4. The molecule has 3 N–H and O–H groups in total. The van der Waals surface area contributed by atoms with Crippen molar-refractivity contribution < 1.29 is 19.5 Å². The minimum absolute atomic E-state index is 0.165. The van der Waals surface area contributed by atoms with Crippen molar-refractivity contribution in [1.29, 1.82) is 0 Å². The van der Waals surface area contributed by atoms with Crippen LogP contribution in [-0.2, 0) is 9.59 Å². The molecule has 7 nitrogen and oxygen atoms in total. The largest absolute Gasteiger partial charge is 0.480 e. The summed E-state index contributed by atoms with van der Waals surface area (Å²) in [7, 11) is 0. The SMILES string of the molecule is CCCCN(CC(N)=O)C(=O)N1CCCC1C(=O)O. The molecule has 0 aromatic carbocycles. The summed E-state index contributed by atoms with van der Waals surface area (Å²) in [4.78, 5) is 37.0. The van der Waals surface area contributed by atoms with Crippen LogP contribution in [-0.4, -0.2) is 58.5 Å². The second-order valence-electron chi connectivity index (χ2n) is 4.71. The highest BCUT2D eigenvalue weighted by molar-refractivity contribution is 5.86. The molecule has 0 radical (unpaired) electrons. The Labute approximate surface area is 112 Å². The summed E-state index contributed by atoms with van der Waals surface area (Å²) in [5.74, 6) is -1.59. The fraction of sp³-hybridized carbons (Fsp3) is 0.750. The first-order chi connectivity index (χ1) is 8.97. The first kappa shape index (κ1) is 15.3. The van der Waals surface area contributed by atoms with E-state index < -0.39 is 23.9 Å². The smallest absolute Gasteiger partial charge is 0.326 e. The van der Waals surface area contributed by atoms with Crippen LogP contribution in [0.2, 0.25) is 0 Å². The number of nitrogens with two attached hydrogens (primary N) is 1. The van der Waals surface area contributed by atoms with E-state index in [9.17, 15) is 14.4 Å². The van der Waals surface area contributed by atoms with Crippen molar-refractivity contribution >= 4 is 17.9 Å². The third-order valence-electron chi connectivity index (χ3n) is 3.18. The van der Waals surface area contributed by atoms with Gasteiger partial charge >= 0.3 is 12.0 Å². The molecule has 1 fully saturated rings. The summed E-state index contributed by atoms with van der Waals surface area (Å²) >= 11 is 0. The molecule has 108 valence electrons. The molecule has 0 aromatic rings. The molecule has 1 atom stereocenters. The summed E-state index contributed by atoms with van der Waals surface area (Å²) in [6, 6.07) is -1.19. The Balaban J connectivity index is 2.73. The van der Waals surface area contributed by atoms with Gasteiger partial charge in [0.15, 0.2) is 0 Å². The van der Waals surface area contributed by atoms with E-state index in [4.69, 9.17) is 10.8 Å². The van der Waals surface area contributed by atoms with Crippen LogP contribution < -0.4 is 5.73 Å². The van der Waals surface area contributed by atoms with Gasteiger partial charge in [-0.15, -0.1) is 0 Å². The standard InChI is InChI=1S/C12H21N3O4/c1-2-3-6-14(8-10(13)16)12(19)15-7-4-5-9(15)11(17)18/h9H,2-8H2,1H3,(H2,13,16)(H,17,18). The average molecular weight is 271 g/mol. The number of unbranched alkanes of at least 4 members (excludes halogenated alkanes) is 1. The summed E-state index contributed by atoms with van der Waals surface area (Å²) < 4.78 is 0. The fourth-order valence-electron chi connectivity index (χ4n) is 2.21. The van der Waals surface area contributed by atoms with Crippen molar-refractivity contribution in [1.82, 2.24) is 9.80 Å².